The number of aromatic nitrogens is 2. The van der Waals surface area contributed by atoms with Crippen LogP contribution < -0.4 is 9.61 Å². The van der Waals surface area contributed by atoms with E-state index in [0.29, 0.717) is 91.7 Å². The number of hydrogen-bond acceptors (Lipinski definition) is 36. The molecule has 39 atom stereocenters. The van der Waals surface area contributed by atoms with Crippen molar-refractivity contribution in [2.45, 2.75) is 382 Å². The molecule has 0 radical (unpaired) electrons. The molecule has 0 aromatic carbocycles. The van der Waals surface area contributed by atoms with Crippen LogP contribution in [0.4, 0.5) is 0 Å². The van der Waals surface area contributed by atoms with E-state index in [0.717, 1.165) is 28.9 Å². The van der Waals surface area contributed by atoms with Gasteiger partial charge in [-0.3, -0.25) is 14.4 Å². The van der Waals surface area contributed by atoms with Crippen LogP contribution in [0, 0.1) is 47.3 Å². The maximum Gasteiger partial charge on any atom is 0.329 e. The first-order chi connectivity index (χ1) is 66.0. The Balaban J connectivity index is 0.000000202. The number of carbonyl (C=O) groups is 2. The van der Waals surface area contributed by atoms with E-state index in [9.17, 15) is 45.0 Å². The number of methoxy groups -OCH3 is 5. The van der Waals surface area contributed by atoms with E-state index in [1.165, 1.54) is 37.4 Å². The van der Waals surface area contributed by atoms with Crippen molar-refractivity contribution in [2.75, 3.05) is 63.0 Å². The van der Waals surface area contributed by atoms with Gasteiger partial charge in [0.15, 0.2) is 36.7 Å². The monoisotopic (exact) mass is 2030 g/mol. The Hall–Kier alpha value is -4.54. The SMILES string of the molecule is CC[C@H](C)[C@H]1O[C@]2(C=C[C@@H]1C)C[C@@H]1C[C@@H](C/C=C(\C)[C@@H](O[C@H]3C[C@H](OC)[C@@H](O[C@H]4C[C@H](OC)[C@@H](O)[C@H](C)O4)[C@H](C)O3)[C@@H](C)/C=C/C=C3\CO[C@@H]4[C@H](O)C(C)=C[C@@H](C(=O)O1)[C@]34O)O2.CO[C@H]1C[C@H](O[C@H]2[C@H](C)O[C@@H](O[C@@H]3/C(C)=C/C[C@@H]4C[C@@H](C[C@]5(C=C[C@H](C)[C@@H](C(C)C)O5)O4)OC(=O)[C@@H]4C=C(C)[C@@H](O)[C@H]5OC/C(=C\C=C\[C@@H]3C)[C@]54O)C[C@@H]2OC)O[C@@H](C)[C@@H]1O.COc1nn(CSP(=S)(OC)OC)c(=O)s1. The van der Waals surface area contributed by atoms with Crippen molar-refractivity contribution < 1.29 is 149 Å². The minimum absolute atomic E-state index is 0.0313. The Morgan fingerprint density at radius 3 is 1.32 bits per heavy atom. The molecule has 34 nitrogen and oxygen atoms in total. The Kier molecular flexibility index (Phi) is 38.7. The quantitative estimate of drug-likeness (QED) is 0.0378. The largest absolute Gasteiger partial charge is 0.472 e. The molecule has 1 aromatic rings. The Bertz CT molecular complexity index is 4720. The number of esters is 2. The zero-order chi connectivity index (χ0) is 101. The molecule has 0 saturated carbocycles. The first kappa shape index (κ1) is 112. The first-order valence-electron chi connectivity index (χ1n) is 49.2. The molecule has 1 aromatic heterocycles. The molecule has 13 heterocycles. The first-order valence-corrected chi connectivity index (χ1v) is 54.3. The van der Waals surface area contributed by atoms with E-state index in [1.54, 1.807) is 80.4 Å². The van der Waals surface area contributed by atoms with Crippen molar-refractivity contribution in [3.63, 3.8) is 0 Å². The molecular formula is C101H153N2O32PS3. The number of hydrogen-bond donors (Lipinski definition) is 6. The van der Waals surface area contributed by atoms with Gasteiger partial charge < -0.3 is 139 Å². The van der Waals surface area contributed by atoms with Crippen LogP contribution in [0.3, 0.4) is 0 Å². The van der Waals surface area contributed by atoms with Crippen LogP contribution in [-0.4, -0.2) is 310 Å². The van der Waals surface area contributed by atoms with Gasteiger partial charge in [-0.25, -0.2) is 4.68 Å². The number of aliphatic hydroxyl groups excluding tert-OH is 4. The Labute approximate surface area is 831 Å². The lowest BCUT2D eigenvalue weighted by Crippen LogP contribution is -2.58. The molecule has 12 aliphatic heterocycles. The summed E-state index contributed by atoms with van der Waals surface area (Å²) in [6.07, 6.45) is 16.1. The van der Waals surface area contributed by atoms with Crippen LogP contribution in [0.25, 0.3) is 0 Å². The van der Waals surface area contributed by atoms with Gasteiger partial charge in [0.25, 0.3) is 5.19 Å². The van der Waals surface area contributed by atoms with Crippen molar-refractivity contribution in [3.05, 3.63) is 128 Å². The van der Waals surface area contributed by atoms with Crippen LogP contribution in [-0.2, 0) is 131 Å². The molecule has 4 bridgehead atoms. The molecule has 8 fully saturated rings. The third-order valence-electron chi connectivity index (χ3n) is 30.0. The van der Waals surface area contributed by atoms with Gasteiger partial charge >= 0.3 is 16.8 Å². The van der Waals surface area contributed by atoms with Crippen molar-refractivity contribution in [1.29, 1.82) is 0 Å². The van der Waals surface area contributed by atoms with E-state index < -0.39 is 187 Å². The highest BCUT2D eigenvalue weighted by molar-refractivity contribution is 8.67. The summed E-state index contributed by atoms with van der Waals surface area (Å²) in [4.78, 5) is 39.9. The van der Waals surface area contributed by atoms with Crippen molar-refractivity contribution >= 4 is 52.2 Å². The van der Waals surface area contributed by atoms with Gasteiger partial charge in [-0.05, 0) is 160 Å². The second-order valence-electron chi connectivity index (χ2n) is 40.2. The van der Waals surface area contributed by atoms with Gasteiger partial charge in [0, 0.05) is 118 Å². The summed E-state index contributed by atoms with van der Waals surface area (Å²) >= 11 is 7.33. The molecule has 0 amide bonds. The van der Waals surface area contributed by atoms with E-state index in [4.69, 9.17) is 120 Å². The second-order valence-corrected chi connectivity index (χ2v) is 47.6. The number of rotatable bonds is 21. The fraction of sp³-hybridized carbons (Fsp3) is 0.762. The smallest absolute Gasteiger partial charge is 0.329 e. The average molecular weight is 2030 g/mol. The molecule has 14 aliphatic rings. The Morgan fingerprint density at radius 1 is 0.525 bits per heavy atom. The predicted octanol–water partition coefficient (Wildman–Crippen LogP) is 11.9. The van der Waals surface area contributed by atoms with Gasteiger partial charge in [0.1, 0.15) is 90.0 Å². The molecule has 0 unspecified atom stereocenters. The lowest BCUT2D eigenvalue weighted by molar-refractivity contribution is -0.318. The summed E-state index contributed by atoms with van der Waals surface area (Å²) in [6.45, 7) is 32.1. The van der Waals surface area contributed by atoms with E-state index >= 15 is 0 Å². The molecular weight excluding hydrogens is 1880 g/mol. The van der Waals surface area contributed by atoms with Crippen LogP contribution >= 0.6 is 28.4 Å². The molecule has 6 N–H and O–H groups in total. The second kappa shape index (κ2) is 48.2. The summed E-state index contributed by atoms with van der Waals surface area (Å²) in [6, 6.07) is 0. The summed E-state index contributed by atoms with van der Waals surface area (Å²) < 4.78 is 143. The summed E-state index contributed by atoms with van der Waals surface area (Å²) in [5, 5.41) is 72.7. The van der Waals surface area contributed by atoms with Gasteiger partial charge in [-0.1, -0.05) is 135 Å². The topological polar surface area (TPSA) is 403 Å². The lowest BCUT2D eigenvalue weighted by atomic mass is 9.71. The standard InChI is InChI=1S/C48H72O14.C47H70O14.C6H11N2O4PS3/c1-11-25(2)43-28(5)17-18-47(62-43)23-34-20-33(61-47)16-15-27(4)42(26(3)13-12-14-32-24-55-45-40(49)29(6)19-35(46(51)58-34)48(32,45)52)59-39-22-37(54-10)44(31(8)57-39)60-38-21-36(53-9)41(50)30(7)56-38;1-24(2)41-27(5)16-17-46(61-41)22-33-19-32(60-46)15-14-26(4)42(25(3)12-11-13-31-23-54-44-39(48)28(6)18-34(45(50)57-33)47(31,44)51)58-38-21-36(53-10)43(30(8)56-38)59-37-20-35(52-9)40(49)29(7)55-37;1-10-5-7-8(6(9)16-5)4-15-13(14,11-2)12-3/h12-15,17-19,25-26,28,30-31,33-45,49-50,52H,11,16,20-24H2,1-10H3;11-14,16-18,24-25,27,29-30,32-44,48-49,51H,15,19-23H2,1-10H3;4H2,1-3H3/b13-12+,27-15+,32-14+;12-11+,26-14+,31-13+;/t25-,26-,28-,30-,31-,33+,34-,35-,36-,37-,38-,39-,40+,41-,42-,43+,44-,45+,47+,48+;25-,27-,29-,30-,32+,33-,34-,35-,36-,37-,38-,39+,40-,41+,42-,43-,44+,46+,47+;/m00./s1. The van der Waals surface area contributed by atoms with E-state index in [1.807, 2.05) is 64.2 Å². The van der Waals surface area contributed by atoms with Gasteiger partial charge in [-0.15, -0.1) is 5.10 Å². The van der Waals surface area contributed by atoms with Crippen LogP contribution in [0.15, 0.2) is 123 Å². The van der Waals surface area contributed by atoms with Crippen molar-refractivity contribution in [3.8, 4) is 5.19 Å². The molecule has 782 valence electrons. The maximum atomic E-state index is 14.3. The third-order valence-corrected chi connectivity index (χ3v) is 36.4. The van der Waals surface area contributed by atoms with Crippen molar-refractivity contribution in [2.24, 2.45) is 47.3 Å². The zero-order valence-electron chi connectivity index (χ0n) is 84.6. The van der Waals surface area contributed by atoms with Gasteiger partial charge in [0.2, 0.25) is 5.69 Å². The average Bonchev–Trinajstić information content (AvgIpc) is 1.61. The molecule has 38 heteroatoms. The Morgan fingerprint density at radius 2 is 0.928 bits per heavy atom. The van der Waals surface area contributed by atoms with Crippen LogP contribution in [0.2, 0.25) is 0 Å². The number of aliphatic hydroxyl groups is 6. The number of carbonyl (C=O) groups excluding carboxylic acids is 2. The number of ether oxygens (including phenoxy) is 21. The minimum atomic E-state index is -2.35. The minimum Gasteiger partial charge on any atom is -0.472 e. The highest BCUT2D eigenvalue weighted by atomic mass is 32.9. The van der Waals surface area contributed by atoms with Crippen molar-refractivity contribution in [1.82, 2.24) is 9.78 Å². The molecule has 2 aliphatic carbocycles. The maximum absolute atomic E-state index is 14.3. The summed E-state index contributed by atoms with van der Waals surface area (Å²) in [7, 11) is 10.9. The van der Waals surface area contributed by atoms with E-state index in [2.05, 4.69) is 84.8 Å². The molecule has 139 heavy (non-hydrogen) atoms. The van der Waals surface area contributed by atoms with Gasteiger partial charge in [0.05, 0.1) is 106 Å². The zero-order valence-corrected chi connectivity index (χ0v) is 88.0. The number of allylic oxidation sites excluding steroid dienone is 4. The molecule has 15 rings (SSSR count). The normalized spacial score (nSPS) is 44.9. The van der Waals surface area contributed by atoms with Crippen LogP contribution in [0.5, 0.6) is 5.19 Å². The number of fused-ring (bicyclic) bond motifs is 4. The summed E-state index contributed by atoms with van der Waals surface area (Å²) in [5.74, 6) is -4.89. The van der Waals surface area contributed by atoms with E-state index in [-0.39, 0.29) is 96.1 Å². The van der Waals surface area contributed by atoms with Gasteiger partial charge in [-0.2, -0.15) is 0 Å². The summed E-state index contributed by atoms with van der Waals surface area (Å²) in [5.41, 5.74) is -2.09. The highest BCUT2D eigenvalue weighted by Crippen LogP contribution is 2.60. The lowest BCUT2D eigenvalue weighted by Gasteiger charge is -2.48. The fourth-order valence-electron chi connectivity index (χ4n) is 21.8. The third kappa shape index (κ3) is 25.4. The van der Waals surface area contributed by atoms with Crippen LogP contribution in [0.1, 0.15) is 181 Å². The fourth-order valence-corrected chi connectivity index (χ4v) is 25.0. The molecule has 8 saturated heterocycles. The highest BCUT2D eigenvalue weighted by Gasteiger charge is 2.63. The number of nitrogens with zero attached hydrogens (tertiary/aromatic N) is 2. The predicted molar refractivity (Wildman–Crippen MR) is 519 cm³/mol. The molecule has 2 spiro atoms.